The first-order valence-corrected chi connectivity index (χ1v) is 9.21. The summed E-state index contributed by atoms with van der Waals surface area (Å²) in [7, 11) is 0. The monoisotopic (exact) mass is 368 g/mol. The molecule has 1 fully saturated rings. The zero-order chi connectivity index (χ0) is 19.1. The number of para-hydroxylation sites is 1. The summed E-state index contributed by atoms with van der Waals surface area (Å²) in [5.41, 5.74) is 0.601. The van der Waals surface area contributed by atoms with Crippen LogP contribution in [0.2, 0.25) is 0 Å². The van der Waals surface area contributed by atoms with Crippen molar-refractivity contribution in [1.29, 1.82) is 0 Å². The third kappa shape index (κ3) is 5.23. The predicted molar refractivity (Wildman–Crippen MR) is 102 cm³/mol. The van der Waals surface area contributed by atoms with E-state index in [9.17, 15) is 9.59 Å². The topological polar surface area (TPSA) is 67.9 Å². The van der Waals surface area contributed by atoms with Gasteiger partial charge in [-0.1, -0.05) is 18.2 Å². The average molecular weight is 368 g/mol. The van der Waals surface area contributed by atoms with Gasteiger partial charge >= 0.3 is 6.09 Å². The summed E-state index contributed by atoms with van der Waals surface area (Å²) < 4.78 is 10.7. The lowest BCUT2D eigenvalue weighted by molar-refractivity contribution is 0.0910. The van der Waals surface area contributed by atoms with Crippen LogP contribution >= 0.6 is 0 Å². The quantitative estimate of drug-likeness (QED) is 0.877. The molecule has 27 heavy (non-hydrogen) atoms. The highest BCUT2D eigenvalue weighted by molar-refractivity contribution is 5.94. The number of carbonyl (C=O) groups is 2. The van der Waals surface area contributed by atoms with E-state index in [4.69, 9.17) is 9.47 Å². The fraction of sp³-hybridized carbons (Fsp3) is 0.333. The molecule has 0 radical (unpaired) electrons. The Hall–Kier alpha value is -3.02. The highest BCUT2D eigenvalue weighted by Gasteiger charge is 2.25. The zero-order valence-corrected chi connectivity index (χ0v) is 15.4. The minimum Gasteiger partial charge on any atom is -0.494 e. The normalized spacial score (nSPS) is 14.5. The second-order valence-corrected chi connectivity index (χ2v) is 6.37. The van der Waals surface area contributed by atoms with E-state index in [0.717, 1.165) is 5.75 Å². The Morgan fingerprint density at radius 3 is 2.30 bits per heavy atom. The first kappa shape index (κ1) is 18.8. The van der Waals surface area contributed by atoms with Gasteiger partial charge in [-0.25, -0.2) is 4.79 Å². The van der Waals surface area contributed by atoms with Gasteiger partial charge in [0, 0.05) is 24.7 Å². The van der Waals surface area contributed by atoms with Crippen molar-refractivity contribution in [2.45, 2.75) is 25.8 Å². The van der Waals surface area contributed by atoms with Gasteiger partial charge in [0.25, 0.3) is 5.91 Å². The van der Waals surface area contributed by atoms with Gasteiger partial charge in [-0.05, 0) is 56.2 Å². The van der Waals surface area contributed by atoms with Crippen molar-refractivity contribution < 1.29 is 19.1 Å². The Bertz CT molecular complexity index is 754. The second kappa shape index (κ2) is 9.07. The van der Waals surface area contributed by atoms with Crippen LogP contribution in [-0.4, -0.2) is 42.6 Å². The van der Waals surface area contributed by atoms with Gasteiger partial charge in [0.15, 0.2) is 0 Å². The molecule has 0 spiro atoms. The van der Waals surface area contributed by atoms with Crippen molar-refractivity contribution in [1.82, 2.24) is 10.2 Å². The van der Waals surface area contributed by atoms with Crippen molar-refractivity contribution in [3.8, 4) is 11.5 Å². The predicted octanol–water partition coefficient (Wildman–Crippen LogP) is 3.48. The maximum Gasteiger partial charge on any atom is 0.415 e. The lowest BCUT2D eigenvalue weighted by atomic mass is 10.0. The number of hydrogen-bond donors (Lipinski definition) is 1. The summed E-state index contributed by atoms with van der Waals surface area (Å²) in [5.74, 6) is 1.18. The average Bonchev–Trinajstić information content (AvgIpc) is 2.70. The van der Waals surface area contributed by atoms with Crippen molar-refractivity contribution in [2.24, 2.45) is 0 Å². The third-order valence-corrected chi connectivity index (χ3v) is 4.46. The Morgan fingerprint density at radius 2 is 1.67 bits per heavy atom. The van der Waals surface area contributed by atoms with Crippen LogP contribution in [-0.2, 0) is 0 Å². The van der Waals surface area contributed by atoms with E-state index in [0.29, 0.717) is 43.9 Å². The number of ether oxygens (including phenoxy) is 2. The van der Waals surface area contributed by atoms with E-state index < -0.39 is 0 Å². The molecule has 6 nitrogen and oxygen atoms in total. The van der Waals surface area contributed by atoms with Crippen LogP contribution in [0.5, 0.6) is 11.5 Å². The highest BCUT2D eigenvalue weighted by Crippen LogP contribution is 2.16. The third-order valence-electron chi connectivity index (χ3n) is 4.46. The van der Waals surface area contributed by atoms with E-state index in [1.54, 1.807) is 41.3 Å². The molecule has 2 aromatic rings. The zero-order valence-electron chi connectivity index (χ0n) is 15.4. The summed E-state index contributed by atoms with van der Waals surface area (Å²) >= 11 is 0. The maximum absolute atomic E-state index is 12.4. The molecule has 1 heterocycles. The van der Waals surface area contributed by atoms with Crippen LogP contribution in [0.3, 0.4) is 0 Å². The van der Waals surface area contributed by atoms with Crippen LogP contribution < -0.4 is 14.8 Å². The fourth-order valence-corrected chi connectivity index (χ4v) is 3.00. The van der Waals surface area contributed by atoms with Crippen molar-refractivity contribution in [3.63, 3.8) is 0 Å². The number of likely N-dealkylation sites (tertiary alicyclic amines) is 1. The number of piperidine rings is 1. The molecule has 3 rings (SSSR count). The van der Waals surface area contributed by atoms with Crippen LogP contribution in [0.4, 0.5) is 4.79 Å². The Labute approximate surface area is 159 Å². The number of rotatable bonds is 5. The summed E-state index contributed by atoms with van der Waals surface area (Å²) in [4.78, 5) is 26.3. The molecule has 0 saturated carbocycles. The van der Waals surface area contributed by atoms with Gasteiger partial charge in [-0.15, -0.1) is 0 Å². The van der Waals surface area contributed by atoms with E-state index in [1.165, 1.54) is 0 Å². The number of amides is 2. The maximum atomic E-state index is 12.4. The molecule has 0 aromatic heterocycles. The van der Waals surface area contributed by atoms with Gasteiger partial charge in [0.1, 0.15) is 11.5 Å². The molecule has 1 aliphatic heterocycles. The van der Waals surface area contributed by atoms with E-state index in [1.807, 2.05) is 25.1 Å². The molecule has 0 unspecified atom stereocenters. The number of carbonyl (C=O) groups excluding carboxylic acids is 2. The molecular weight excluding hydrogens is 344 g/mol. The molecular formula is C21H24N2O4. The SMILES string of the molecule is CCOc1ccc(C(=O)NC2CCN(C(=O)Oc3ccccc3)CC2)cc1. The molecule has 1 N–H and O–H groups in total. The molecule has 2 aromatic carbocycles. The smallest absolute Gasteiger partial charge is 0.415 e. The Kier molecular flexibility index (Phi) is 6.30. The molecule has 0 atom stereocenters. The molecule has 142 valence electrons. The van der Waals surface area contributed by atoms with Gasteiger partial charge in [0.05, 0.1) is 6.61 Å². The summed E-state index contributed by atoms with van der Waals surface area (Å²) in [6.45, 7) is 3.62. The van der Waals surface area contributed by atoms with Gasteiger partial charge < -0.3 is 19.7 Å². The van der Waals surface area contributed by atoms with Gasteiger partial charge in [0.2, 0.25) is 0 Å². The Balaban J connectivity index is 1.46. The van der Waals surface area contributed by atoms with Crippen molar-refractivity contribution in [2.75, 3.05) is 19.7 Å². The number of nitrogens with zero attached hydrogens (tertiary/aromatic N) is 1. The minimum absolute atomic E-state index is 0.0462. The summed E-state index contributed by atoms with van der Waals surface area (Å²) in [5, 5.41) is 3.04. The van der Waals surface area contributed by atoms with Crippen LogP contribution in [0.1, 0.15) is 30.1 Å². The highest BCUT2D eigenvalue weighted by atomic mass is 16.6. The number of nitrogens with one attached hydrogen (secondary N) is 1. The van der Waals surface area contributed by atoms with Gasteiger partial charge in [-0.3, -0.25) is 4.79 Å². The Morgan fingerprint density at radius 1 is 1.00 bits per heavy atom. The first-order valence-electron chi connectivity index (χ1n) is 9.21. The van der Waals surface area contributed by atoms with E-state index in [-0.39, 0.29) is 18.0 Å². The lowest BCUT2D eigenvalue weighted by Gasteiger charge is -2.31. The van der Waals surface area contributed by atoms with Crippen LogP contribution in [0, 0.1) is 0 Å². The first-order chi connectivity index (χ1) is 13.2. The second-order valence-electron chi connectivity index (χ2n) is 6.37. The molecule has 2 amide bonds. The molecule has 6 heteroatoms. The van der Waals surface area contributed by atoms with Crippen molar-refractivity contribution >= 4 is 12.0 Å². The number of benzene rings is 2. The largest absolute Gasteiger partial charge is 0.494 e. The summed E-state index contributed by atoms with van der Waals surface area (Å²) in [6, 6.07) is 16.2. The standard InChI is InChI=1S/C21H24N2O4/c1-2-26-18-10-8-16(9-11-18)20(24)22-17-12-14-23(15-13-17)21(25)27-19-6-4-3-5-7-19/h3-11,17H,2,12-15H2,1H3,(H,22,24). The summed E-state index contributed by atoms with van der Waals surface area (Å²) in [6.07, 6.45) is 1.05. The molecule has 0 bridgehead atoms. The molecule has 1 saturated heterocycles. The molecule has 1 aliphatic rings. The molecule has 0 aliphatic carbocycles. The minimum atomic E-state index is -0.350. The van der Waals surface area contributed by atoms with Crippen LogP contribution in [0.25, 0.3) is 0 Å². The van der Waals surface area contributed by atoms with Crippen molar-refractivity contribution in [3.05, 3.63) is 60.2 Å². The van der Waals surface area contributed by atoms with E-state index >= 15 is 0 Å². The van der Waals surface area contributed by atoms with Gasteiger partial charge in [-0.2, -0.15) is 0 Å². The van der Waals surface area contributed by atoms with Crippen LogP contribution in [0.15, 0.2) is 54.6 Å². The number of hydrogen-bond acceptors (Lipinski definition) is 4. The fourth-order valence-electron chi connectivity index (χ4n) is 3.00. The van der Waals surface area contributed by atoms with E-state index in [2.05, 4.69) is 5.32 Å². The lowest BCUT2D eigenvalue weighted by Crippen LogP contribution is -2.47.